The number of aliphatic carboxylic acids is 1. The van der Waals surface area contributed by atoms with Gasteiger partial charge >= 0.3 is 5.97 Å². The van der Waals surface area contributed by atoms with Crippen molar-refractivity contribution in [3.05, 3.63) is 23.8 Å². The van der Waals surface area contributed by atoms with E-state index < -0.39 is 5.97 Å². The molecular formula is C16H20N2O6. The lowest BCUT2D eigenvalue weighted by Gasteiger charge is -2.07. The number of ether oxygens (including phenoxy) is 2. The summed E-state index contributed by atoms with van der Waals surface area (Å²) in [5, 5.41) is 13.7. The van der Waals surface area contributed by atoms with E-state index in [0.29, 0.717) is 36.4 Å². The first-order chi connectivity index (χ1) is 11.6. The van der Waals surface area contributed by atoms with Crippen molar-refractivity contribution >= 4 is 17.8 Å². The number of carbonyl (C=O) groups is 3. The van der Waals surface area contributed by atoms with E-state index in [1.807, 2.05) is 0 Å². The SMILES string of the molecule is O=C(O)CCCCCNC(=O)CNC(=O)c1ccc2c(c1)OCO2. The van der Waals surface area contributed by atoms with Crippen LogP contribution in [0.15, 0.2) is 18.2 Å². The van der Waals surface area contributed by atoms with Crippen LogP contribution in [0, 0.1) is 0 Å². The summed E-state index contributed by atoms with van der Waals surface area (Å²) in [6.07, 6.45) is 2.16. The molecule has 3 N–H and O–H groups in total. The van der Waals surface area contributed by atoms with Gasteiger partial charge in [-0.2, -0.15) is 0 Å². The number of carboxylic acid groups (broad SMARTS) is 1. The molecule has 2 amide bonds. The topological polar surface area (TPSA) is 114 Å². The molecule has 0 saturated heterocycles. The molecule has 0 aliphatic carbocycles. The van der Waals surface area contributed by atoms with Gasteiger partial charge in [-0.15, -0.1) is 0 Å². The number of hydrogen-bond acceptors (Lipinski definition) is 5. The summed E-state index contributed by atoms with van der Waals surface area (Å²) in [6.45, 7) is 0.468. The Balaban J connectivity index is 1.63. The normalized spacial score (nSPS) is 11.8. The van der Waals surface area contributed by atoms with E-state index in [2.05, 4.69) is 10.6 Å². The second-order valence-electron chi connectivity index (χ2n) is 5.31. The largest absolute Gasteiger partial charge is 0.481 e. The molecule has 0 atom stereocenters. The van der Waals surface area contributed by atoms with Crippen molar-refractivity contribution in [2.75, 3.05) is 19.9 Å². The maximum atomic E-state index is 12.0. The van der Waals surface area contributed by atoms with Gasteiger partial charge in [0.1, 0.15) is 0 Å². The number of carbonyl (C=O) groups excluding carboxylic acids is 2. The zero-order valence-electron chi connectivity index (χ0n) is 13.2. The van der Waals surface area contributed by atoms with E-state index in [9.17, 15) is 14.4 Å². The molecule has 1 heterocycles. The average molecular weight is 336 g/mol. The van der Waals surface area contributed by atoms with Gasteiger partial charge in [0.15, 0.2) is 11.5 Å². The van der Waals surface area contributed by atoms with Crippen LogP contribution >= 0.6 is 0 Å². The van der Waals surface area contributed by atoms with Crippen LogP contribution in [0.3, 0.4) is 0 Å². The van der Waals surface area contributed by atoms with Crippen LogP contribution in [0.1, 0.15) is 36.0 Å². The predicted octanol–water partition coefficient (Wildman–Crippen LogP) is 0.906. The summed E-state index contributed by atoms with van der Waals surface area (Å²) in [5.41, 5.74) is 0.390. The molecule has 1 aliphatic rings. The molecule has 2 rings (SSSR count). The first kappa shape index (κ1) is 17.6. The molecule has 24 heavy (non-hydrogen) atoms. The fraction of sp³-hybridized carbons (Fsp3) is 0.438. The first-order valence-electron chi connectivity index (χ1n) is 7.72. The lowest BCUT2D eigenvalue weighted by atomic mass is 10.2. The van der Waals surface area contributed by atoms with E-state index in [4.69, 9.17) is 14.6 Å². The molecule has 1 aliphatic heterocycles. The Labute approximate surface area is 139 Å². The highest BCUT2D eigenvalue weighted by molar-refractivity contribution is 5.97. The monoisotopic (exact) mass is 336 g/mol. The molecule has 8 nitrogen and oxygen atoms in total. The molecule has 0 radical (unpaired) electrons. The summed E-state index contributed by atoms with van der Waals surface area (Å²) in [4.78, 5) is 34.0. The Morgan fingerprint density at radius 3 is 2.62 bits per heavy atom. The molecular weight excluding hydrogens is 316 g/mol. The number of amides is 2. The Morgan fingerprint density at radius 2 is 1.83 bits per heavy atom. The van der Waals surface area contributed by atoms with Crippen molar-refractivity contribution in [2.45, 2.75) is 25.7 Å². The quantitative estimate of drug-likeness (QED) is 0.578. The number of nitrogens with one attached hydrogen (secondary N) is 2. The molecule has 0 fully saturated rings. The highest BCUT2D eigenvalue weighted by atomic mass is 16.7. The molecule has 0 aromatic heterocycles. The van der Waals surface area contributed by atoms with Crippen LogP contribution in [0.2, 0.25) is 0 Å². The zero-order chi connectivity index (χ0) is 17.4. The van der Waals surface area contributed by atoms with Crippen molar-refractivity contribution in [3.8, 4) is 11.5 Å². The summed E-state index contributed by atoms with van der Waals surface area (Å²) in [6, 6.07) is 4.82. The number of carboxylic acids is 1. The van der Waals surface area contributed by atoms with Gasteiger partial charge in [0.25, 0.3) is 5.91 Å². The molecule has 130 valence electrons. The smallest absolute Gasteiger partial charge is 0.303 e. The van der Waals surface area contributed by atoms with Gasteiger partial charge < -0.3 is 25.2 Å². The van der Waals surface area contributed by atoms with Gasteiger partial charge in [-0.3, -0.25) is 14.4 Å². The molecule has 8 heteroatoms. The second kappa shape index (κ2) is 8.76. The molecule has 1 aromatic rings. The fourth-order valence-electron chi connectivity index (χ4n) is 2.17. The molecule has 0 saturated carbocycles. The minimum absolute atomic E-state index is 0.123. The average Bonchev–Trinajstić information content (AvgIpc) is 3.03. The number of hydrogen-bond donors (Lipinski definition) is 3. The van der Waals surface area contributed by atoms with E-state index in [1.54, 1.807) is 18.2 Å². The highest BCUT2D eigenvalue weighted by Gasteiger charge is 2.16. The minimum Gasteiger partial charge on any atom is -0.481 e. The highest BCUT2D eigenvalue weighted by Crippen LogP contribution is 2.32. The minimum atomic E-state index is -0.815. The summed E-state index contributed by atoms with van der Waals surface area (Å²) >= 11 is 0. The van der Waals surface area contributed by atoms with Crippen molar-refractivity contribution in [1.82, 2.24) is 10.6 Å². The van der Waals surface area contributed by atoms with Crippen molar-refractivity contribution in [3.63, 3.8) is 0 Å². The molecule has 0 unspecified atom stereocenters. The Hall–Kier alpha value is -2.77. The lowest BCUT2D eigenvalue weighted by Crippen LogP contribution is -2.37. The van der Waals surface area contributed by atoms with Gasteiger partial charge in [0, 0.05) is 18.5 Å². The molecule has 0 spiro atoms. The Morgan fingerprint density at radius 1 is 1.04 bits per heavy atom. The van der Waals surface area contributed by atoms with Gasteiger partial charge in [-0.05, 0) is 31.0 Å². The summed E-state index contributed by atoms with van der Waals surface area (Å²) in [7, 11) is 0. The van der Waals surface area contributed by atoms with Crippen LogP contribution in [-0.2, 0) is 9.59 Å². The van der Waals surface area contributed by atoms with Gasteiger partial charge in [0.05, 0.1) is 6.54 Å². The number of benzene rings is 1. The third-order valence-corrected chi connectivity index (χ3v) is 3.43. The lowest BCUT2D eigenvalue weighted by molar-refractivity contribution is -0.137. The summed E-state index contributed by atoms with van der Waals surface area (Å²) < 4.78 is 10.4. The summed E-state index contributed by atoms with van der Waals surface area (Å²) in [5.74, 6) is -0.377. The third kappa shape index (κ3) is 5.45. The van der Waals surface area contributed by atoms with E-state index in [1.165, 1.54) is 0 Å². The fourth-order valence-corrected chi connectivity index (χ4v) is 2.17. The van der Waals surface area contributed by atoms with Gasteiger partial charge in [-0.1, -0.05) is 6.42 Å². The predicted molar refractivity (Wildman–Crippen MR) is 84.0 cm³/mol. The van der Waals surface area contributed by atoms with Crippen LogP contribution < -0.4 is 20.1 Å². The van der Waals surface area contributed by atoms with Crippen LogP contribution in [0.4, 0.5) is 0 Å². The first-order valence-corrected chi connectivity index (χ1v) is 7.72. The molecule has 1 aromatic carbocycles. The van der Waals surface area contributed by atoms with Crippen molar-refractivity contribution < 1.29 is 29.0 Å². The van der Waals surface area contributed by atoms with E-state index in [0.717, 1.165) is 6.42 Å². The van der Waals surface area contributed by atoms with Crippen LogP contribution in [-0.4, -0.2) is 42.8 Å². The van der Waals surface area contributed by atoms with Gasteiger partial charge in [0.2, 0.25) is 12.7 Å². The van der Waals surface area contributed by atoms with Crippen LogP contribution in [0.5, 0.6) is 11.5 Å². The Kier molecular flexibility index (Phi) is 6.41. The van der Waals surface area contributed by atoms with Crippen molar-refractivity contribution in [2.24, 2.45) is 0 Å². The maximum Gasteiger partial charge on any atom is 0.303 e. The second-order valence-corrected chi connectivity index (χ2v) is 5.31. The van der Waals surface area contributed by atoms with Crippen LogP contribution in [0.25, 0.3) is 0 Å². The standard InChI is InChI=1S/C16H20N2O6/c19-14(17-7-3-1-2-4-15(20)21)9-18-16(22)11-5-6-12-13(8-11)24-10-23-12/h5-6,8H,1-4,7,9-10H2,(H,17,19)(H,18,22)(H,20,21). The zero-order valence-corrected chi connectivity index (χ0v) is 13.2. The maximum absolute atomic E-state index is 12.0. The number of rotatable bonds is 9. The number of unbranched alkanes of at least 4 members (excludes halogenated alkanes) is 2. The van der Waals surface area contributed by atoms with E-state index >= 15 is 0 Å². The number of fused-ring (bicyclic) bond motifs is 1. The third-order valence-electron chi connectivity index (χ3n) is 3.43. The molecule has 0 bridgehead atoms. The van der Waals surface area contributed by atoms with Crippen molar-refractivity contribution in [1.29, 1.82) is 0 Å². The van der Waals surface area contributed by atoms with E-state index in [-0.39, 0.29) is 31.6 Å². The Bertz CT molecular complexity index is 617. The van der Waals surface area contributed by atoms with Gasteiger partial charge in [-0.25, -0.2) is 0 Å².